The van der Waals surface area contributed by atoms with Crippen LogP contribution in [0.1, 0.15) is 32.8 Å². The lowest BCUT2D eigenvalue weighted by Gasteiger charge is -2.30. The second-order valence-corrected chi connectivity index (χ2v) is 5.46. The first-order chi connectivity index (χ1) is 10.0. The molecular weight excluding hydrogens is 311 g/mol. The molecule has 1 rings (SSSR count). The first kappa shape index (κ1) is 18.2. The van der Waals surface area contributed by atoms with E-state index < -0.39 is 14.5 Å². The molecule has 0 saturated heterocycles. The summed E-state index contributed by atoms with van der Waals surface area (Å²) in [5, 5.41) is 0.658. The standard InChI is InChI=1S/C15H22ClO4P/c1-4-18-15(3,19-5-2)10-13(11-20-21-17)12-6-8-14(16)9-7-12/h6-9,11H,4-5,10,21H2,1-3H3. The molecule has 0 aliphatic rings. The van der Waals surface area contributed by atoms with Gasteiger partial charge in [-0.2, -0.15) is 0 Å². The fourth-order valence-corrected chi connectivity index (χ4v) is 2.43. The van der Waals surface area contributed by atoms with Crippen LogP contribution in [0.3, 0.4) is 0 Å². The molecule has 0 spiro atoms. The van der Waals surface area contributed by atoms with Gasteiger partial charge in [-0.25, -0.2) is 0 Å². The number of halogens is 1. The van der Waals surface area contributed by atoms with E-state index in [0.29, 0.717) is 24.7 Å². The Labute approximate surface area is 132 Å². The molecule has 0 radical (unpaired) electrons. The van der Waals surface area contributed by atoms with Gasteiger partial charge in [0.2, 0.25) is 8.69 Å². The molecule has 0 saturated carbocycles. The van der Waals surface area contributed by atoms with Gasteiger partial charge in [-0.1, -0.05) is 23.7 Å². The van der Waals surface area contributed by atoms with Crippen molar-refractivity contribution in [3.8, 4) is 0 Å². The van der Waals surface area contributed by atoms with E-state index in [1.54, 1.807) is 12.1 Å². The summed E-state index contributed by atoms with van der Waals surface area (Å²) in [7, 11) is -1.30. The van der Waals surface area contributed by atoms with Crippen LogP contribution >= 0.6 is 20.3 Å². The Bertz CT molecular complexity index is 467. The summed E-state index contributed by atoms with van der Waals surface area (Å²) in [6, 6.07) is 7.37. The lowest BCUT2D eigenvalue weighted by Crippen LogP contribution is -2.32. The molecule has 0 fully saturated rings. The Morgan fingerprint density at radius 3 is 2.29 bits per heavy atom. The third-order valence-corrected chi connectivity index (χ3v) is 3.39. The van der Waals surface area contributed by atoms with E-state index in [1.165, 1.54) is 6.26 Å². The highest BCUT2D eigenvalue weighted by molar-refractivity contribution is 7.17. The molecule has 0 bridgehead atoms. The minimum Gasteiger partial charge on any atom is -0.454 e. The maximum Gasteiger partial charge on any atom is 0.224 e. The van der Waals surface area contributed by atoms with Gasteiger partial charge in [0.1, 0.15) is 0 Å². The summed E-state index contributed by atoms with van der Waals surface area (Å²) in [5.74, 6) is -0.753. The van der Waals surface area contributed by atoms with E-state index in [9.17, 15) is 4.57 Å². The zero-order chi connectivity index (χ0) is 15.7. The second kappa shape index (κ2) is 9.26. The van der Waals surface area contributed by atoms with E-state index in [2.05, 4.69) is 0 Å². The van der Waals surface area contributed by atoms with Crippen molar-refractivity contribution in [2.45, 2.75) is 33.0 Å². The molecule has 1 aromatic carbocycles. The molecule has 1 atom stereocenters. The molecule has 0 aliphatic heterocycles. The SMILES string of the molecule is CCOC(C)(CC(=CO[PH2]=O)c1ccc(Cl)cc1)OCC. The highest BCUT2D eigenvalue weighted by Crippen LogP contribution is 2.30. The van der Waals surface area contributed by atoms with Crippen LogP contribution in [-0.4, -0.2) is 19.0 Å². The monoisotopic (exact) mass is 332 g/mol. The summed E-state index contributed by atoms with van der Waals surface area (Å²) in [5.41, 5.74) is 1.78. The molecule has 21 heavy (non-hydrogen) atoms. The molecule has 1 unspecified atom stereocenters. The second-order valence-electron chi connectivity index (χ2n) is 4.56. The highest BCUT2D eigenvalue weighted by atomic mass is 35.5. The van der Waals surface area contributed by atoms with Crippen molar-refractivity contribution in [1.29, 1.82) is 0 Å². The largest absolute Gasteiger partial charge is 0.454 e. The molecule has 0 heterocycles. The van der Waals surface area contributed by atoms with Crippen LogP contribution in [0.5, 0.6) is 0 Å². The normalized spacial score (nSPS) is 13.0. The maximum atomic E-state index is 10.7. The quantitative estimate of drug-likeness (QED) is 0.378. The van der Waals surface area contributed by atoms with E-state index in [1.807, 2.05) is 32.9 Å². The minimum absolute atomic E-state index is 0.482. The Morgan fingerprint density at radius 1 is 1.24 bits per heavy atom. The third kappa shape index (κ3) is 6.23. The zero-order valence-electron chi connectivity index (χ0n) is 12.6. The van der Waals surface area contributed by atoms with Crippen molar-refractivity contribution in [2.24, 2.45) is 0 Å². The lowest BCUT2D eigenvalue weighted by molar-refractivity contribution is -0.216. The Hall–Kier alpha value is -0.800. The highest BCUT2D eigenvalue weighted by Gasteiger charge is 2.27. The van der Waals surface area contributed by atoms with Gasteiger partial charge in [-0.15, -0.1) is 0 Å². The third-order valence-electron chi connectivity index (χ3n) is 2.89. The number of ether oxygens (including phenoxy) is 2. The topological polar surface area (TPSA) is 44.8 Å². The Morgan fingerprint density at radius 2 is 1.81 bits per heavy atom. The van der Waals surface area contributed by atoms with Crippen LogP contribution in [0.15, 0.2) is 30.5 Å². The average Bonchev–Trinajstić information content (AvgIpc) is 2.45. The molecule has 6 heteroatoms. The number of hydrogen-bond acceptors (Lipinski definition) is 4. The van der Waals surface area contributed by atoms with Gasteiger partial charge >= 0.3 is 0 Å². The molecule has 4 nitrogen and oxygen atoms in total. The Kier molecular flexibility index (Phi) is 8.05. The van der Waals surface area contributed by atoms with Crippen LogP contribution in [-0.2, 0) is 18.6 Å². The number of hydrogen-bond donors (Lipinski definition) is 0. The van der Waals surface area contributed by atoms with Gasteiger partial charge in [0.25, 0.3) is 0 Å². The van der Waals surface area contributed by atoms with Crippen molar-refractivity contribution in [3.05, 3.63) is 41.1 Å². The molecule has 1 aromatic rings. The van der Waals surface area contributed by atoms with Crippen LogP contribution in [0.2, 0.25) is 5.02 Å². The minimum atomic E-state index is -1.30. The van der Waals surface area contributed by atoms with E-state index >= 15 is 0 Å². The molecule has 0 amide bonds. The van der Waals surface area contributed by atoms with Crippen LogP contribution in [0.25, 0.3) is 5.57 Å². The molecule has 0 aliphatic carbocycles. The van der Waals surface area contributed by atoms with Gasteiger partial charge in [0, 0.05) is 24.7 Å². The van der Waals surface area contributed by atoms with Crippen molar-refractivity contribution in [3.63, 3.8) is 0 Å². The summed E-state index contributed by atoms with van der Waals surface area (Å²) in [6.07, 6.45) is 1.98. The molecule has 0 aromatic heterocycles. The van der Waals surface area contributed by atoms with Crippen molar-refractivity contribution in [2.75, 3.05) is 13.2 Å². The van der Waals surface area contributed by atoms with Crippen LogP contribution in [0.4, 0.5) is 0 Å². The first-order valence-electron chi connectivity index (χ1n) is 6.86. The fourth-order valence-electron chi connectivity index (χ4n) is 2.09. The van der Waals surface area contributed by atoms with Gasteiger partial charge in [-0.05, 0) is 44.0 Å². The Balaban J connectivity index is 3.02. The zero-order valence-corrected chi connectivity index (χ0v) is 14.5. The lowest BCUT2D eigenvalue weighted by atomic mass is 9.99. The first-order valence-corrected chi connectivity index (χ1v) is 8.18. The van der Waals surface area contributed by atoms with E-state index in [0.717, 1.165) is 11.1 Å². The molecule has 118 valence electrons. The molecule has 0 N–H and O–H groups in total. The summed E-state index contributed by atoms with van der Waals surface area (Å²) in [6.45, 7) is 6.80. The van der Waals surface area contributed by atoms with Gasteiger partial charge in [0.05, 0.1) is 6.26 Å². The fraction of sp³-hybridized carbons (Fsp3) is 0.467. The predicted molar refractivity (Wildman–Crippen MR) is 87.2 cm³/mol. The van der Waals surface area contributed by atoms with Crippen molar-refractivity contribution < 1.29 is 18.6 Å². The number of rotatable bonds is 9. The summed E-state index contributed by atoms with van der Waals surface area (Å²) < 4.78 is 27.1. The van der Waals surface area contributed by atoms with Crippen molar-refractivity contribution >= 4 is 25.9 Å². The van der Waals surface area contributed by atoms with E-state index in [4.69, 9.17) is 25.6 Å². The average molecular weight is 333 g/mol. The summed E-state index contributed by atoms with van der Waals surface area (Å²) >= 11 is 5.91. The maximum absolute atomic E-state index is 10.7. The van der Waals surface area contributed by atoms with Gasteiger partial charge < -0.3 is 14.0 Å². The van der Waals surface area contributed by atoms with Gasteiger partial charge in [-0.3, -0.25) is 4.57 Å². The molecular formula is C15H22ClO4P. The summed E-state index contributed by atoms with van der Waals surface area (Å²) in [4.78, 5) is 0. The van der Waals surface area contributed by atoms with Crippen LogP contribution in [0, 0.1) is 0 Å². The smallest absolute Gasteiger partial charge is 0.224 e. The predicted octanol–water partition coefficient (Wildman–Crippen LogP) is 4.55. The van der Waals surface area contributed by atoms with Crippen molar-refractivity contribution in [1.82, 2.24) is 0 Å². The number of benzene rings is 1. The van der Waals surface area contributed by atoms with Gasteiger partial charge in [0.15, 0.2) is 5.79 Å². The van der Waals surface area contributed by atoms with Crippen LogP contribution < -0.4 is 0 Å². The van der Waals surface area contributed by atoms with E-state index in [-0.39, 0.29) is 0 Å².